The van der Waals surface area contributed by atoms with E-state index in [9.17, 15) is 0 Å². The second-order valence-electron chi connectivity index (χ2n) is 6.43. The molecule has 2 rings (SSSR count). The Morgan fingerprint density at radius 2 is 2.10 bits per heavy atom. The molecule has 21 heavy (non-hydrogen) atoms. The molecule has 4 nitrogen and oxygen atoms in total. The molecule has 1 aromatic rings. The Balaban J connectivity index is 1.61. The molecule has 0 aliphatic heterocycles. The average molecular weight is 292 g/mol. The van der Waals surface area contributed by atoms with Gasteiger partial charge in [0.25, 0.3) is 0 Å². The predicted molar refractivity (Wildman–Crippen MR) is 88.4 cm³/mol. The van der Waals surface area contributed by atoms with Gasteiger partial charge in [0.1, 0.15) is 0 Å². The van der Waals surface area contributed by atoms with Crippen LogP contribution < -0.4 is 5.32 Å². The molecule has 120 valence electrons. The molecule has 1 aliphatic carbocycles. The van der Waals surface area contributed by atoms with Crippen molar-refractivity contribution in [3.05, 3.63) is 17.5 Å². The van der Waals surface area contributed by atoms with E-state index in [4.69, 9.17) is 0 Å². The SMILES string of the molecule is CCc1nn(C)cc1CNCCCN(C)C1CCCCC1. The summed E-state index contributed by atoms with van der Waals surface area (Å²) in [5.41, 5.74) is 2.57. The summed E-state index contributed by atoms with van der Waals surface area (Å²) in [6.45, 7) is 5.43. The maximum Gasteiger partial charge on any atom is 0.0666 e. The third-order valence-corrected chi connectivity index (χ3v) is 4.70. The third kappa shape index (κ3) is 5.11. The van der Waals surface area contributed by atoms with Crippen LogP contribution in [0.1, 0.15) is 56.7 Å². The lowest BCUT2D eigenvalue weighted by Crippen LogP contribution is -2.35. The molecule has 1 N–H and O–H groups in total. The second-order valence-corrected chi connectivity index (χ2v) is 6.43. The molecule has 0 saturated heterocycles. The van der Waals surface area contributed by atoms with Gasteiger partial charge in [-0.1, -0.05) is 26.2 Å². The van der Waals surface area contributed by atoms with Crippen molar-refractivity contribution in [1.82, 2.24) is 20.0 Å². The molecule has 0 atom stereocenters. The van der Waals surface area contributed by atoms with Crippen molar-refractivity contribution in [2.24, 2.45) is 7.05 Å². The lowest BCUT2D eigenvalue weighted by molar-refractivity contribution is 0.189. The van der Waals surface area contributed by atoms with Gasteiger partial charge in [0, 0.05) is 31.4 Å². The molecule has 1 saturated carbocycles. The standard InChI is InChI=1S/C17H32N4/c1-4-17-15(14-21(3)19-17)13-18-11-8-12-20(2)16-9-6-5-7-10-16/h14,16,18H,4-13H2,1-3H3. The molecule has 0 spiro atoms. The molecule has 4 heteroatoms. The number of aromatic nitrogens is 2. The summed E-state index contributed by atoms with van der Waals surface area (Å²) in [7, 11) is 4.30. The van der Waals surface area contributed by atoms with Crippen LogP contribution in [0, 0.1) is 0 Å². The minimum absolute atomic E-state index is 0.837. The number of hydrogen-bond donors (Lipinski definition) is 1. The summed E-state index contributed by atoms with van der Waals surface area (Å²) < 4.78 is 1.92. The van der Waals surface area contributed by atoms with E-state index in [1.165, 1.54) is 56.3 Å². The van der Waals surface area contributed by atoms with Gasteiger partial charge in [-0.25, -0.2) is 0 Å². The molecular weight excluding hydrogens is 260 g/mol. The molecule has 0 bridgehead atoms. The van der Waals surface area contributed by atoms with Gasteiger partial charge in [-0.15, -0.1) is 0 Å². The number of rotatable bonds is 8. The van der Waals surface area contributed by atoms with Crippen LogP contribution in [0.25, 0.3) is 0 Å². The fourth-order valence-electron chi connectivity index (χ4n) is 3.41. The van der Waals surface area contributed by atoms with Crippen LogP contribution in [-0.2, 0) is 20.0 Å². The van der Waals surface area contributed by atoms with Crippen molar-refractivity contribution in [3.63, 3.8) is 0 Å². The Morgan fingerprint density at radius 1 is 1.33 bits per heavy atom. The topological polar surface area (TPSA) is 33.1 Å². The zero-order chi connectivity index (χ0) is 15.1. The van der Waals surface area contributed by atoms with E-state index in [0.717, 1.165) is 25.6 Å². The number of nitrogens with one attached hydrogen (secondary N) is 1. The Hall–Kier alpha value is -0.870. The Labute approximate surface area is 129 Å². The van der Waals surface area contributed by atoms with Crippen LogP contribution in [0.4, 0.5) is 0 Å². The van der Waals surface area contributed by atoms with Crippen LogP contribution in [0.15, 0.2) is 6.20 Å². The lowest BCUT2D eigenvalue weighted by Gasteiger charge is -2.31. The van der Waals surface area contributed by atoms with E-state index in [0.29, 0.717) is 0 Å². The first-order chi connectivity index (χ1) is 10.2. The summed E-state index contributed by atoms with van der Waals surface area (Å²) in [4.78, 5) is 2.57. The fourth-order valence-corrected chi connectivity index (χ4v) is 3.41. The highest BCUT2D eigenvalue weighted by Gasteiger charge is 2.17. The van der Waals surface area contributed by atoms with Crippen molar-refractivity contribution < 1.29 is 0 Å². The Kier molecular flexibility index (Phi) is 6.71. The van der Waals surface area contributed by atoms with E-state index in [1.807, 2.05) is 11.7 Å². The molecule has 1 aromatic heterocycles. The molecule has 0 aromatic carbocycles. The van der Waals surface area contributed by atoms with Crippen molar-refractivity contribution in [1.29, 1.82) is 0 Å². The molecule has 0 amide bonds. The summed E-state index contributed by atoms with van der Waals surface area (Å²) >= 11 is 0. The fraction of sp³-hybridized carbons (Fsp3) is 0.824. The summed E-state index contributed by atoms with van der Waals surface area (Å²) in [6.07, 6.45) is 11.5. The van der Waals surface area contributed by atoms with Crippen LogP contribution in [-0.4, -0.2) is 40.9 Å². The summed E-state index contributed by atoms with van der Waals surface area (Å²) in [5, 5.41) is 8.05. The second kappa shape index (κ2) is 8.54. The highest BCUT2D eigenvalue weighted by atomic mass is 15.3. The van der Waals surface area contributed by atoms with Gasteiger partial charge < -0.3 is 10.2 Å². The quantitative estimate of drug-likeness (QED) is 0.748. The van der Waals surface area contributed by atoms with E-state index < -0.39 is 0 Å². The minimum Gasteiger partial charge on any atom is -0.312 e. The van der Waals surface area contributed by atoms with Gasteiger partial charge in [-0.3, -0.25) is 4.68 Å². The van der Waals surface area contributed by atoms with Gasteiger partial charge >= 0.3 is 0 Å². The van der Waals surface area contributed by atoms with Gasteiger partial charge in [-0.05, 0) is 45.8 Å². The summed E-state index contributed by atoms with van der Waals surface area (Å²) in [5.74, 6) is 0. The van der Waals surface area contributed by atoms with Crippen LogP contribution in [0.3, 0.4) is 0 Å². The maximum absolute atomic E-state index is 4.49. The van der Waals surface area contributed by atoms with Crippen molar-refractivity contribution >= 4 is 0 Å². The van der Waals surface area contributed by atoms with Crippen LogP contribution in [0.5, 0.6) is 0 Å². The van der Waals surface area contributed by atoms with Gasteiger partial charge in [0.15, 0.2) is 0 Å². The molecule has 1 aliphatic rings. The highest BCUT2D eigenvalue weighted by Crippen LogP contribution is 2.21. The minimum atomic E-state index is 0.837. The largest absolute Gasteiger partial charge is 0.312 e. The lowest BCUT2D eigenvalue weighted by atomic mass is 9.94. The molecule has 1 heterocycles. The van der Waals surface area contributed by atoms with Crippen LogP contribution in [0.2, 0.25) is 0 Å². The van der Waals surface area contributed by atoms with E-state index in [2.05, 4.69) is 35.5 Å². The number of aryl methyl sites for hydroxylation is 2. The number of nitrogens with zero attached hydrogens (tertiary/aromatic N) is 3. The Bertz CT molecular complexity index is 407. The van der Waals surface area contributed by atoms with Gasteiger partial charge in [0.2, 0.25) is 0 Å². The predicted octanol–water partition coefficient (Wildman–Crippen LogP) is 2.73. The Morgan fingerprint density at radius 3 is 2.81 bits per heavy atom. The normalized spacial score (nSPS) is 16.8. The van der Waals surface area contributed by atoms with Crippen molar-refractivity contribution in [2.75, 3.05) is 20.1 Å². The van der Waals surface area contributed by atoms with Gasteiger partial charge in [0.05, 0.1) is 5.69 Å². The molecule has 0 radical (unpaired) electrons. The molecule has 1 fully saturated rings. The zero-order valence-electron chi connectivity index (χ0n) is 14.1. The van der Waals surface area contributed by atoms with E-state index >= 15 is 0 Å². The van der Waals surface area contributed by atoms with Crippen molar-refractivity contribution in [2.45, 2.75) is 64.5 Å². The van der Waals surface area contributed by atoms with E-state index in [-0.39, 0.29) is 0 Å². The van der Waals surface area contributed by atoms with E-state index in [1.54, 1.807) is 0 Å². The van der Waals surface area contributed by atoms with Crippen molar-refractivity contribution in [3.8, 4) is 0 Å². The van der Waals surface area contributed by atoms with Crippen LogP contribution >= 0.6 is 0 Å². The first-order valence-electron chi connectivity index (χ1n) is 8.63. The molecule has 0 unspecified atom stereocenters. The average Bonchev–Trinajstić information content (AvgIpc) is 2.87. The molecular formula is C17H32N4. The monoisotopic (exact) mass is 292 g/mol. The third-order valence-electron chi connectivity index (χ3n) is 4.70. The zero-order valence-corrected chi connectivity index (χ0v) is 14.1. The smallest absolute Gasteiger partial charge is 0.0666 e. The first kappa shape index (κ1) is 16.5. The summed E-state index contributed by atoms with van der Waals surface area (Å²) in [6, 6.07) is 0.837. The van der Waals surface area contributed by atoms with Gasteiger partial charge in [-0.2, -0.15) is 5.10 Å². The first-order valence-corrected chi connectivity index (χ1v) is 8.63. The maximum atomic E-state index is 4.49. The number of hydrogen-bond acceptors (Lipinski definition) is 3. The highest BCUT2D eigenvalue weighted by molar-refractivity contribution is 5.16.